The van der Waals surface area contributed by atoms with Crippen LogP contribution in [0.5, 0.6) is 0 Å². The molecule has 0 aliphatic rings. The van der Waals surface area contributed by atoms with Crippen molar-refractivity contribution in [2.45, 2.75) is 79.1 Å². The Balaban J connectivity index is 0. The summed E-state index contributed by atoms with van der Waals surface area (Å²) in [5.41, 5.74) is 6.17. The van der Waals surface area contributed by atoms with E-state index in [4.69, 9.17) is 5.50 Å². The maximum atomic E-state index is 12.7. The third-order valence-electron chi connectivity index (χ3n) is 4.22. The predicted molar refractivity (Wildman–Crippen MR) is 98.5 cm³/mol. The fraction of sp³-hybridized carbons (Fsp3) is 1.00. The van der Waals surface area contributed by atoms with Crippen molar-refractivity contribution in [3.63, 3.8) is 0 Å². The maximum absolute atomic E-state index is 12.7. The first-order chi connectivity index (χ1) is 8.99. The number of unbranched alkanes of at least 4 members (excludes halogenated alkanes) is 2. The number of nitrogens with two attached hydrogens (primary N) is 1. The predicted octanol–water partition coefficient (Wildman–Crippen LogP) is 6.23. The van der Waals surface area contributed by atoms with Gasteiger partial charge in [0, 0.05) is 12.3 Å². The van der Waals surface area contributed by atoms with Gasteiger partial charge < -0.3 is 4.57 Å². The van der Waals surface area contributed by atoms with Crippen molar-refractivity contribution in [2.24, 2.45) is 17.3 Å². The molecule has 2 unspecified atom stereocenters. The highest BCUT2D eigenvalue weighted by Crippen LogP contribution is 2.43. The van der Waals surface area contributed by atoms with Gasteiger partial charge in [0.1, 0.15) is 7.29 Å². The lowest BCUT2D eigenvalue weighted by atomic mass is 10.0. The molecule has 4 heteroatoms. The van der Waals surface area contributed by atoms with E-state index in [1.54, 1.807) is 0 Å². The Morgan fingerprint density at radius 2 is 1.20 bits per heavy atom. The van der Waals surface area contributed by atoms with Crippen LogP contribution in [-0.4, -0.2) is 12.3 Å². The van der Waals surface area contributed by atoms with Crippen LogP contribution < -0.4 is 5.50 Å². The number of hydrogen-bond donors (Lipinski definition) is 1. The Morgan fingerprint density at radius 3 is 1.45 bits per heavy atom. The van der Waals surface area contributed by atoms with E-state index in [0.717, 1.165) is 25.2 Å². The Morgan fingerprint density at radius 1 is 0.850 bits per heavy atom. The van der Waals surface area contributed by atoms with E-state index in [1.807, 2.05) is 0 Å². The molecule has 20 heavy (non-hydrogen) atoms. The summed E-state index contributed by atoms with van der Waals surface area (Å²) in [6.07, 6.45) is 11.1. The second kappa shape index (κ2) is 13.3. The van der Waals surface area contributed by atoms with E-state index in [9.17, 15) is 4.57 Å². The molecular formula is C16H37BrNOP. The van der Waals surface area contributed by atoms with Crippen molar-refractivity contribution in [2.75, 3.05) is 12.3 Å². The summed E-state index contributed by atoms with van der Waals surface area (Å²) in [5, 5.41) is 0. The van der Waals surface area contributed by atoms with E-state index in [2.05, 4.69) is 27.7 Å². The van der Waals surface area contributed by atoms with Gasteiger partial charge in [-0.2, -0.15) is 0 Å². The molecule has 2 nitrogen and oxygen atoms in total. The molecule has 0 aromatic heterocycles. The normalized spacial score (nSPS) is 17.1. The summed E-state index contributed by atoms with van der Waals surface area (Å²) in [5.74, 6) is 1.14. The topological polar surface area (TPSA) is 43.1 Å². The molecule has 0 radical (unpaired) electrons. The summed E-state index contributed by atoms with van der Waals surface area (Å²) >= 11 is 0. The molecule has 0 heterocycles. The smallest absolute Gasteiger partial charge is 0.145 e. The van der Waals surface area contributed by atoms with Gasteiger partial charge in [0.15, 0.2) is 0 Å². The van der Waals surface area contributed by atoms with Crippen LogP contribution in [0.2, 0.25) is 0 Å². The fourth-order valence-electron chi connectivity index (χ4n) is 2.78. The van der Waals surface area contributed by atoms with Crippen LogP contribution >= 0.6 is 24.3 Å². The molecule has 2 N–H and O–H groups in total. The van der Waals surface area contributed by atoms with Crippen LogP contribution in [0.1, 0.15) is 79.1 Å². The monoisotopic (exact) mass is 369 g/mol. The quantitative estimate of drug-likeness (QED) is 0.414. The highest BCUT2D eigenvalue weighted by Gasteiger charge is 2.24. The van der Waals surface area contributed by atoms with Crippen molar-refractivity contribution in [3.8, 4) is 0 Å². The zero-order valence-corrected chi connectivity index (χ0v) is 16.7. The second-order valence-electron chi connectivity index (χ2n) is 6.15. The lowest BCUT2D eigenvalue weighted by molar-refractivity contribution is 0.463. The molecule has 0 bridgehead atoms. The van der Waals surface area contributed by atoms with Crippen LogP contribution in [0.15, 0.2) is 0 Å². The van der Waals surface area contributed by atoms with Gasteiger partial charge in [-0.3, -0.25) is 5.50 Å². The van der Waals surface area contributed by atoms with Crippen molar-refractivity contribution in [1.82, 2.24) is 0 Å². The number of halogens is 1. The lowest BCUT2D eigenvalue weighted by Gasteiger charge is -2.24. The first-order valence-electron chi connectivity index (χ1n) is 8.35. The summed E-state index contributed by atoms with van der Waals surface area (Å²) < 4.78 is 12.7. The average molecular weight is 370 g/mol. The second-order valence-corrected chi connectivity index (χ2v) is 8.79. The Labute approximate surface area is 137 Å². The van der Waals surface area contributed by atoms with Gasteiger partial charge >= 0.3 is 0 Å². The standard InChI is InChI=1S/C16H36NOP.BrH/c1-5-9-11-15(7-3)13-19(17,18)14-16(8-4)12-10-6-2;/h15-16H,5-14H2,1-4H3,(H2,17,18);1H. The van der Waals surface area contributed by atoms with E-state index in [0.29, 0.717) is 11.8 Å². The summed E-state index contributed by atoms with van der Waals surface area (Å²) in [6.45, 7) is 8.84. The van der Waals surface area contributed by atoms with Crippen LogP contribution in [-0.2, 0) is 4.57 Å². The largest absolute Gasteiger partial charge is 0.307 e. The molecule has 0 saturated carbocycles. The van der Waals surface area contributed by atoms with Crippen LogP contribution in [0, 0.1) is 11.8 Å². The van der Waals surface area contributed by atoms with Crippen molar-refractivity contribution in [3.05, 3.63) is 0 Å². The Kier molecular flexibility index (Phi) is 15.3. The highest BCUT2D eigenvalue weighted by atomic mass is 79.9. The van der Waals surface area contributed by atoms with Crippen molar-refractivity contribution >= 4 is 24.3 Å². The lowest BCUT2D eigenvalue weighted by Crippen LogP contribution is -2.17. The molecule has 0 spiro atoms. The average Bonchev–Trinajstić information content (AvgIpc) is 2.39. The fourth-order valence-corrected chi connectivity index (χ4v) is 5.56. The van der Waals surface area contributed by atoms with Gasteiger partial charge in [-0.15, -0.1) is 17.0 Å². The minimum Gasteiger partial charge on any atom is -0.307 e. The molecule has 124 valence electrons. The molecule has 0 rings (SSSR count). The molecule has 0 amide bonds. The van der Waals surface area contributed by atoms with Gasteiger partial charge in [0.2, 0.25) is 0 Å². The highest BCUT2D eigenvalue weighted by molar-refractivity contribution is 8.93. The van der Waals surface area contributed by atoms with E-state index in [-0.39, 0.29) is 17.0 Å². The van der Waals surface area contributed by atoms with Crippen LogP contribution in [0.4, 0.5) is 0 Å². The Bertz CT molecular complexity index is 239. The molecule has 0 aromatic rings. The minimum absolute atomic E-state index is 0. The summed E-state index contributed by atoms with van der Waals surface area (Å²) in [4.78, 5) is 0. The van der Waals surface area contributed by atoms with Crippen LogP contribution in [0.25, 0.3) is 0 Å². The third-order valence-corrected chi connectivity index (χ3v) is 6.49. The molecule has 0 aliphatic carbocycles. The third kappa shape index (κ3) is 11.3. The van der Waals surface area contributed by atoms with Gasteiger partial charge in [-0.1, -0.05) is 66.2 Å². The molecular weight excluding hydrogens is 333 g/mol. The molecule has 0 fully saturated rings. The SMILES string of the molecule is Br.CCCCC(CC)CP(N)(=O)CC(CC)CCCC. The van der Waals surface area contributed by atoms with Gasteiger partial charge in [-0.25, -0.2) is 0 Å². The number of hydrogen-bond acceptors (Lipinski definition) is 1. The molecule has 0 saturated heterocycles. The van der Waals surface area contributed by atoms with E-state index in [1.165, 1.54) is 38.5 Å². The van der Waals surface area contributed by atoms with Gasteiger partial charge in [0.05, 0.1) is 0 Å². The van der Waals surface area contributed by atoms with E-state index < -0.39 is 7.29 Å². The van der Waals surface area contributed by atoms with Crippen molar-refractivity contribution in [1.29, 1.82) is 0 Å². The van der Waals surface area contributed by atoms with Crippen molar-refractivity contribution < 1.29 is 4.57 Å². The van der Waals surface area contributed by atoms with Crippen LogP contribution in [0.3, 0.4) is 0 Å². The first-order valence-corrected chi connectivity index (χ1v) is 10.5. The zero-order chi connectivity index (χ0) is 14.7. The molecule has 2 atom stereocenters. The van der Waals surface area contributed by atoms with Gasteiger partial charge in [0.25, 0.3) is 0 Å². The summed E-state index contributed by atoms with van der Waals surface area (Å²) in [6, 6.07) is 0. The van der Waals surface area contributed by atoms with E-state index >= 15 is 0 Å². The molecule has 0 aromatic carbocycles. The van der Waals surface area contributed by atoms with Gasteiger partial charge in [-0.05, 0) is 24.7 Å². The maximum Gasteiger partial charge on any atom is 0.145 e. The Hall–Kier alpha value is 0.670. The molecule has 0 aliphatic heterocycles. The first kappa shape index (κ1) is 22.9. The zero-order valence-electron chi connectivity index (χ0n) is 14.1. The summed E-state index contributed by atoms with van der Waals surface area (Å²) in [7, 11) is -2.42. The number of rotatable bonds is 12. The minimum atomic E-state index is -2.42.